The first-order valence-corrected chi connectivity index (χ1v) is 9.57. The maximum Gasteiger partial charge on any atom is 0.345 e. The van der Waals surface area contributed by atoms with Crippen LogP contribution >= 0.6 is 11.3 Å². The summed E-state index contributed by atoms with van der Waals surface area (Å²) in [5.41, 5.74) is 0.891. The van der Waals surface area contributed by atoms with Crippen molar-refractivity contribution in [1.29, 1.82) is 0 Å². The molecule has 3 aromatic rings. The molecule has 0 spiro atoms. The van der Waals surface area contributed by atoms with Crippen LogP contribution < -0.4 is 9.47 Å². The summed E-state index contributed by atoms with van der Waals surface area (Å²) >= 11 is 1.42. The molecule has 0 aliphatic carbocycles. The van der Waals surface area contributed by atoms with Gasteiger partial charge in [-0.05, 0) is 6.92 Å². The number of aromatic nitrogens is 1. The highest BCUT2D eigenvalue weighted by atomic mass is 32.1. The zero-order valence-electron chi connectivity index (χ0n) is 15.8. The second-order valence-electron chi connectivity index (χ2n) is 5.80. The highest BCUT2D eigenvalue weighted by Gasteiger charge is 2.26. The van der Waals surface area contributed by atoms with Crippen LogP contribution in [0.3, 0.4) is 0 Å². The van der Waals surface area contributed by atoms with Gasteiger partial charge in [0.25, 0.3) is 5.69 Å². The number of rotatable bonds is 8. The molecule has 0 fully saturated rings. The molecule has 0 radical (unpaired) electrons. The highest BCUT2D eigenvalue weighted by molar-refractivity contribution is 7.13. The molecule has 3 rings (SSSR count). The molecule has 9 heteroatoms. The van der Waals surface area contributed by atoms with Gasteiger partial charge in [-0.2, -0.15) is 0 Å². The molecule has 8 nitrogen and oxygen atoms in total. The third-order valence-electron chi connectivity index (χ3n) is 3.92. The Kier molecular flexibility index (Phi) is 6.40. The van der Waals surface area contributed by atoms with E-state index in [0.717, 1.165) is 16.6 Å². The first kappa shape index (κ1) is 20.3. The van der Waals surface area contributed by atoms with E-state index >= 15 is 0 Å². The quantitative estimate of drug-likeness (QED) is 0.304. The lowest BCUT2D eigenvalue weighted by Crippen LogP contribution is -2.10. The van der Waals surface area contributed by atoms with Crippen molar-refractivity contribution in [2.45, 2.75) is 13.5 Å². The molecular weight excluding hydrogens is 396 g/mol. The summed E-state index contributed by atoms with van der Waals surface area (Å²) in [4.78, 5) is 27.7. The van der Waals surface area contributed by atoms with Gasteiger partial charge in [0, 0.05) is 17.0 Å². The molecule has 1 aromatic heterocycles. The number of hydrogen-bond acceptors (Lipinski definition) is 8. The summed E-state index contributed by atoms with van der Waals surface area (Å²) in [6.07, 6.45) is 0. The number of carbonyl (C=O) groups is 1. The lowest BCUT2D eigenvalue weighted by molar-refractivity contribution is -0.385. The fraction of sp³-hybridized carbons (Fsp3) is 0.200. The van der Waals surface area contributed by atoms with Gasteiger partial charge in [0.05, 0.1) is 30.4 Å². The predicted molar refractivity (Wildman–Crippen MR) is 107 cm³/mol. The smallest absolute Gasteiger partial charge is 0.345 e. The van der Waals surface area contributed by atoms with Crippen LogP contribution in [0.4, 0.5) is 5.69 Å². The number of hydrogen-bond donors (Lipinski definition) is 0. The van der Waals surface area contributed by atoms with E-state index in [1.165, 1.54) is 24.5 Å². The van der Waals surface area contributed by atoms with E-state index < -0.39 is 16.6 Å². The Hall–Kier alpha value is -3.46. The maximum absolute atomic E-state index is 12.5. The largest absolute Gasteiger partial charge is 0.493 e. The van der Waals surface area contributed by atoms with Gasteiger partial charge in [-0.25, -0.2) is 9.78 Å². The number of ether oxygens (including phenoxy) is 3. The molecule has 0 saturated heterocycles. The van der Waals surface area contributed by atoms with Crippen molar-refractivity contribution in [3.63, 3.8) is 0 Å². The minimum Gasteiger partial charge on any atom is -0.493 e. The van der Waals surface area contributed by atoms with E-state index in [4.69, 9.17) is 14.2 Å². The predicted octanol–water partition coefficient (Wildman–Crippen LogP) is 4.48. The molecule has 29 heavy (non-hydrogen) atoms. The van der Waals surface area contributed by atoms with Crippen molar-refractivity contribution >= 4 is 23.0 Å². The Bertz CT molecular complexity index is 1020. The van der Waals surface area contributed by atoms with E-state index in [1.807, 2.05) is 30.3 Å². The van der Waals surface area contributed by atoms with Gasteiger partial charge < -0.3 is 14.2 Å². The minimum absolute atomic E-state index is 0.102. The van der Waals surface area contributed by atoms with Crippen LogP contribution in [0.2, 0.25) is 0 Å². The van der Waals surface area contributed by atoms with Gasteiger partial charge in [-0.1, -0.05) is 30.3 Å². The van der Waals surface area contributed by atoms with Crippen LogP contribution in [0.15, 0.2) is 47.8 Å². The van der Waals surface area contributed by atoms with Gasteiger partial charge in [0.15, 0.2) is 11.5 Å². The Balaban J connectivity index is 1.79. The Labute approximate surface area is 170 Å². The molecule has 0 amide bonds. The third-order valence-corrected chi connectivity index (χ3v) is 4.86. The fourth-order valence-corrected chi connectivity index (χ4v) is 3.41. The number of nitro benzene ring substituents is 1. The Morgan fingerprint density at radius 2 is 1.97 bits per heavy atom. The Morgan fingerprint density at radius 3 is 2.62 bits per heavy atom. The third kappa shape index (κ3) is 4.69. The first-order valence-electron chi connectivity index (χ1n) is 8.69. The second kappa shape index (κ2) is 9.16. The van der Waals surface area contributed by atoms with Gasteiger partial charge in [-0.3, -0.25) is 10.1 Å². The lowest BCUT2D eigenvalue weighted by atomic mass is 10.1. The normalized spacial score (nSPS) is 10.4. The standard InChI is InChI=1S/C20H18N2O6S/c1-3-27-18-9-15(16(22(24)25)10-17(18)26-2)20(23)28-11-14-12-29-19(21-14)13-7-5-4-6-8-13/h4-10,12H,3,11H2,1-2H3. The summed E-state index contributed by atoms with van der Waals surface area (Å²) in [5, 5.41) is 14.0. The molecule has 1 heterocycles. The van der Waals surface area contributed by atoms with E-state index in [1.54, 1.807) is 12.3 Å². The molecule has 0 unspecified atom stereocenters. The molecule has 0 aliphatic rings. The van der Waals surface area contributed by atoms with Crippen LogP contribution in [-0.4, -0.2) is 29.6 Å². The maximum atomic E-state index is 12.5. The van der Waals surface area contributed by atoms with E-state index in [9.17, 15) is 14.9 Å². The molecule has 0 aliphatic heterocycles. The number of nitrogens with zero attached hydrogens (tertiary/aromatic N) is 2. The van der Waals surface area contributed by atoms with Gasteiger partial charge in [0.2, 0.25) is 0 Å². The zero-order chi connectivity index (χ0) is 20.8. The number of benzene rings is 2. The molecule has 0 saturated carbocycles. The number of methoxy groups -OCH3 is 1. The number of thiazole rings is 1. The van der Waals surface area contributed by atoms with Gasteiger partial charge in [0.1, 0.15) is 17.2 Å². The van der Waals surface area contributed by atoms with Crippen LogP contribution in [0.5, 0.6) is 11.5 Å². The van der Waals surface area contributed by atoms with Gasteiger partial charge >= 0.3 is 5.97 Å². The van der Waals surface area contributed by atoms with Crippen molar-refractivity contribution in [2.24, 2.45) is 0 Å². The SMILES string of the molecule is CCOc1cc(C(=O)OCc2csc(-c3ccccc3)n2)c([N+](=O)[O-])cc1OC. The molecule has 150 valence electrons. The summed E-state index contributed by atoms with van der Waals surface area (Å²) < 4.78 is 15.8. The lowest BCUT2D eigenvalue weighted by Gasteiger charge is -2.11. The van der Waals surface area contributed by atoms with Crippen molar-refractivity contribution in [3.05, 3.63) is 69.2 Å². The number of nitro groups is 1. The van der Waals surface area contributed by atoms with E-state index in [2.05, 4.69) is 4.98 Å². The first-order chi connectivity index (χ1) is 14.0. The van der Waals surface area contributed by atoms with Crippen molar-refractivity contribution < 1.29 is 23.9 Å². The average molecular weight is 414 g/mol. The topological polar surface area (TPSA) is 101 Å². The number of carbonyl (C=O) groups excluding carboxylic acids is 1. The van der Waals surface area contributed by atoms with Crippen molar-refractivity contribution in [1.82, 2.24) is 4.98 Å². The second-order valence-corrected chi connectivity index (χ2v) is 6.65. The highest BCUT2D eigenvalue weighted by Crippen LogP contribution is 2.35. The average Bonchev–Trinajstić information content (AvgIpc) is 3.21. The molecule has 2 aromatic carbocycles. The number of esters is 1. The Morgan fingerprint density at radius 1 is 1.21 bits per heavy atom. The zero-order valence-corrected chi connectivity index (χ0v) is 16.6. The van der Waals surface area contributed by atoms with Crippen LogP contribution in [0.1, 0.15) is 23.0 Å². The summed E-state index contributed by atoms with van der Waals surface area (Å²) in [6, 6.07) is 12.0. The summed E-state index contributed by atoms with van der Waals surface area (Å²) in [5.74, 6) is -0.441. The molecule has 0 bridgehead atoms. The molecule has 0 atom stereocenters. The van der Waals surface area contributed by atoms with Crippen molar-refractivity contribution in [3.8, 4) is 22.1 Å². The minimum atomic E-state index is -0.838. The van der Waals surface area contributed by atoms with E-state index in [0.29, 0.717) is 12.3 Å². The van der Waals surface area contributed by atoms with Crippen molar-refractivity contribution in [2.75, 3.05) is 13.7 Å². The molecule has 0 N–H and O–H groups in total. The van der Waals surface area contributed by atoms with E-state index in [-0.39, 0.29) is 23.7 Å². The van der Waals surface area contributed by atoms with Gasteiger partial charge in [-0.15, -0.1) is 11.3 Å². The van der Waals surface area contributed by atoms with Crippen LogP contribution in [0, 0.1) is 10.1 Å². The van der Waals surface area contributed by atoms with Crippen LogP contribution in [-0.2, 0) is 11.3 Å². The fourth-order valence-electron chi connectivity index (χ4n) is 2.60. The van der Waals surface area contributed by atoms with Crippen LogP contribution in [0.25, 0.3) is 10.6 Å². The summed E-state index contributed by atoms with van der Waals surface area (Å²) in [7, 11) is 1.37. The summed E-state index contributed by atoms with van der Waals surface area (Å²) in [6.45, 7) is 1.96. The molecular formula is C20H18N2O6S. The monoisotopic (exact) mass is 414 g/mol.